The number of hydrogen-bond donors (Lipinski definition) is 0. The fourth-order valence-electron chi connectivity index (χ4n) is 10.2. The van der Waals surface area contributed by atoms with Crippen LogP contribution in [0.2, 0.25) is 0 Å². The van der Waals surface area contributed by atoms with Crippen molar-refractivity contribution in [3.8, 4) is 0 Å². The summed E-state index contributed by atoms with van der Waals surface area (Å²) in [5, 5.41) is 5.77. The highest BCUT2D eigenvalue weighted by Crippen LogP contribution is 2.35. The molecule has 4 aromatic carbocycles. The molecule has 0 unspecified atom stereocenters. The first-order chi connectivity index (χ1) is 25.3. The van der Waals surface area contributed by atoms with E-state index in [-0.39, 0.29) is 0 Å². The second-order valence-electron chi connectivity index (χ2n) is 16.6. The van der Waals surface area contributed by atoms with Crippen molar-refractivity contribution >= 4 is 38.8 Å². The van der Waals surface area contributed by atoms with Crippen LogP contribution in [0.15, 0.2) is 97.1 Å². The predicted molar refractivity (Wildman–Crippen MR) is 220 cm³/mol. The lowest BCUT2D eigenvalue weighted by Crippen LogP contribution is -2.56. The van der Waals surface area contributed by atoms with Crippen molar-refractivity contribution < 1.29 is 4.12 Å². The molecule has 2 radical (unpaired) electrons. The van der Waals surface area contributed by atoms with Gasteiger partial charge in [0.2, 0.25) is 0 Å². The summed E-state index contributed by atoms with van der Waals surface area (Å²) in [5.74, 6) is 2.78. The van der Waals surface area contributed by atoms with E-state index in [1.165, 1.54) is 149 Å². The lowest BCUT2D eigenvalue weighted by atomic mass is 9.84. The Kier molecular flexibility index (Phi) is 12.0. The van der Waals surface area contributed by atoms with Crippen molar-refractivity contribution in [1.82, 2.24) is 0 Å². The van der Waals surface area contributed by atoms with Crippen LogP contribution in [0.4, 0.5) is 0 Å². The number of rotatable bonds is 10. The van der Waals surface area contributed by atoms with E-state index in [4.69, 9.17) is 4.12 Å². The minimum Gasteiger partial charge on any atom is -0.442 e. The Morgan fingerprint density at radius 2 is 0.549 bits per heavy atom. The van der Waals surface area contributed by atoms with Crippen molar-refractivity contribution in [2.45, 2.75) is 152 Å². The summed E-state index contributed by atoms with van der Waals surface area (Å²) in [7, 11) is -3.08. The Morgan fingerprint density at radius 1 is 0.314 bits per heavy atom. The van der Waals surface area contributed by atoms with Crippen molar-refractivity contribution in [1.29, 1.82) is 0 Å². The van der Waals surface area contributed by atoms with Gasteiger partial charge in [0.15, 0.2) is 0 Å². The third-order valence-electron chi connectivity index (χ3n) is 13.1. The Labute approximate surface area is 313 Å². The maximum Gasteiger partial charge on any atom is 0.272 e. The molecule has 0 atom stereocenters. The summed E-state index contributed by atoms with van der Waals surface area (Å²) in [6.07, 6.45) is 27.2. The second-order valence-corrected chi connectivity index (χ2v) is 21.0. The smallest absolute Gasteiger partial charge is 0.272 e. The molecule has 0 heterocycles. The van der Waals surface area contributed by atoms with Crippen LogP contribution in [0.25, 0.3) is 0 Å². The van der Waals surface area contributed by atoms with Gasteiger partial charge in [-0.2, -0.15) is 0 Å². The van der Waals surface area contributed by atoms with Crippen LogP contribution in [0.1, 0.15) is 174 Å². The third kappa shape index (κ3) is 8.74. The Bertz CT molecular complexity index is 1440. The SMILES string of the molecule is c1cc(C2CCCCC2)cc([Si](O[Si](c2cccc(C3CCCCC3)c2)c2cccc(C3CCCCC3)c2)c2cccc(C3CCCCC3)c2)c1. The van der Waals surface area contributed by atoms with Crippen LogP contribution >= 0.6 is 0 Å². The Balaban J connectivity index is 1.21. The molecule has 0 bridgehead atoms. The third-order valence-corrected chi connectivity index (χ3v) is 18.1. The van der Waals surface area contributed by atoms with Gasteiger partial charge >= 0.3 is 0 Å². The van der Waals surface area contributed by atoms with Gasteiger partial charge in [0.1, 0.15) is 0 Å². The van der Waals surface area contributed by atoms with Gasteiger partial charge < -0.3 is 4.12 Å². The minimum absolute atomic E-state index is 0.694. The molecule has 8 rings (SSSR count). The van der Waals surface area contributed by atoms with Gasteiger partial charge in [0.25, 0.3) is 18.1 Å². The number of benzene rings is 4. The molecule has 0 N–H and O–H groups in total. The minimum atomic E-state index is -1.54. The summed E-state index contributed by atoms with van der Waals surface area (Å²) in [5.41, 5.74) is 6.20. The summed E-state index contributed by atoms with van der Waals surface area (Å²) in [6, 6.07) is 39.2. The van der Waals surface area contributed by atoms with Crippen LogP contribution in [-0.4, -0.2) is 18.1 Å². The topological polar surface area (TPSA) is 9.23 Å². The Hall–Kier alpha value is -2.73. The summed E-state index contributed by atoms with van der Waals surface area (Å²) < 4.78 is 7.97. The van der Waals surface area contributed by atoms with Crippen molar-refractivity contribution in [2.75, 3.05) is 0 Å². The highest BCUT2D eigenvalue weighted by atomic mass is 28.4. The van der Waals surface area contributed by atoms with E-state index in [9.17, 15) is 0 Å². The average molecular weight is 709 g/mol. The standard InChI is InChI=1S/C48H60OSi2/c1-5-17-37(18-6-1)41-25-13-29-45(33-41)50(46-30-14-26-42(34-46)38-19-7-2-8-20-38)49-51(47-31-15-27-43(35-47)39-21-9-3-10-22-39)48-32-16-28-44(36-48)40-23-11-4-12-24-40/h13-16,25-40H,1-12,17-24H2. The van der Waals surface area contributed by atoms with Crippen molar-refractivity contribution in [3.63, 3.8) is 0 Å². The quantitative estimate of drug-likeness (QED) is 0.149. The molecule has 0 saturated heterocycles. The maximum absolute atomic E-state index is 7.97. The largest absolute Gasteiger partial charge is 0.442 e. The molecule has 0 aromatic heterocycles. The van der Waals surface area contributed by atoms with E-state index in [2.05, 4.69) is 97.1 Å². The molecular formula is C48H60OSi2. The molecule has 4 aliphatic rings. The van der Waals surface area contributed by atoms with Gasteiger partial charge in [-0.05, 0) is 118 Å². The van der Waals surface area contributed by atoms with E-state index < -0.39 is 18.1 Å². The molecule has 4 aromatic rings. The molecular weight excluding hydrogens is 649 g/mol. The molecule has 266 valence electrons. The summed E-state index contributed by atoms with van der Waals surface area (Å²) in [4.78, 5) is 0. The van der Waals surface area contributed by atoms with E-state index in [1.54, 1.807) is 22.3 Å². The first kappa shape index (κ1) is 35.3. The maximum atomic E-state index is 7.97. The zero-order valence-electron chi connectivity index (χ0n) is 31.1. The highest BCUT2D eigenvalue weighted by Gasteiger charge is 2.31. The second kappa shape index (κ2) is 17.4. The zero-order chi connectivity index (χ0) is 34.2. The van der Waals surface area contributed by atoms with Gasteiger partial charge in [-0.3, -0.25) is 0 Å². The van der Waals surface area contributed by atoms with Gasteiger partial charge in [-0.1, -0.05) is 174 Å². The van der Waals surface area contributed by atoms with Crippen molar-refractivity contribution in [3.05, 3.63) is 119 Å². The van der Waals surface area contributed by atoms with Crippen LogP contribution in [0.3, 0.4) is 0 Å². The average Bonchev–Trinajstić information content (AvgIpc) is 3.23. The fraction of sp³-hybridized carbons (Fsp3) is 0.500. The molecule has 3 heteroatoms. The Morgan fingerprint density at radius 3 is 0.784 bits per heavy atom. The molecule has 51 heavy (non-hydrogen) atoms. The van der Waals surface area contributed by atoms with Gasteiger partial charge in [-0.15, -0.1) is 0 Å². The van der Waals surface area contributed by atoms with E-state index in [0.717, 1.165) is 0 Å². The van der Waals surface area contributed by atoms with Crippen LogP contribution < -0.4 is 20.7 Å². The van der Waals surface area contributed by atoms with Crippen LogP contribution in [0.5, 0.6) is 0 Å². The van der Waals surface area contributed by atoms with Crippen LogP contribution in [-0.2, 0) is 4.12 Å². The normalized spacial score (nSPS) is 20.3. The summed E-state index contributed by atoms with van der Waals surface area (Å²) >= 11 is 0. The van der Waals surface area contributed by atoms with Crippen LogP contribution in [0, 0.1) is 0 Å². The summed E-state index contributed by atoms with van der Waals surface area (Å²) in [6.45, 7) is 0. The van der Waals surface area contributed by atoms with Crippen molar-refractivity contribution in [2.24, 2.45) is 0 Å². The lowest BCUT2D eigenvalue weighted by molar-refractivity contribution is 0.443. The first-order valence-electron chi connectivity index (χ1n) is 21.1. The van der Waals surface area contributed by atoms with E-state index >= 15 is 0 Å². The molecule has 4 aliphatic carbocycles. The van der Waals surface area contributed by atoms with Gasteiger partial charge in [0.05, 0.1) is 0 Å². The van der Waals surface area contributed by atoms with Gasteiger partial charge in [-0.25, -0.2) is 0 Å². The molecule has 0 amide bonds. The number of hydrogen-bond acceptors (Lipinski definition) is 1. The molecule has 0 aliphatic heterocycles. The molecule has 4 saturated carbocycles. The van der Waals surface area contributed by atoms with Gasteiger partial charge in [0, 0.05) is 0 Å². The lowest BCUT2D eigenvalue weighted by Gasteiger charge is -2.28. The molecule has 1 nitrogen and oxygen atoms in total. The highest BCUT2D eigenvalue weighted by molar-refractivity contribution is 6.91. The first-order valence-corrected chi connectivity index (χ1v) is 23.9. The predicted octanol–water partition coefficient (Wildman–Crippen LogP) is 10.8. The van der Waals surface area contributed by atoms with E-state index in [0.29, 0.717) is 23.7 Å². The zero-order valence-corrected chi connectivity index (χ0v) is 33.1. The molecule has 4 fully saturated rings. The fourth-order valence-corrected chi connectivity index (χ4v) is 15.7. The van der Waals surface area contributed by atoms with E-state index in [1.807, 2.05) is 0 Å². The monoisotopic (exact) mass is 708 g/mol. The molecule has 0 spiro atoms.